The molecule has 3 rings (SSSR count). The SMILES string of the molecule is CCOC(=O)C1=C(C)NC(=O)N[C@H]1c1ccc(OCc2ccc(Br)cc2)cc1. The normalized spacial score (nSPS) is 16.2. The Labute approximate surface area is 172 Å². The van der Waals surface area contributed by atoms with Crippen LogP contribution in [0.4, 0.5) is 4.79 Å². The van der Waals surface area contributed by atoms with Gasteiger partial charge in [0, 0.05) is 10.2 Å². The fourth-order valence-corrected chi connectivity index (χ4v) is 3.19. The smallest absolute Gasteiger partial charge is 0.338 e. The zero-order valence-electron chi connectivity index (χ0n) is 15.6. The van der Waals surface area contributed by atoms with Crippen LogP contribution in [0.1, 0.15) is 31.0 Å². The Hall–Kier alpha value is -2.80. The summed E-state index contributed by atoms with van der Waals surface area (Å²) in [5, 5.41) is 5.40. The molecule has 2 aromatic rings. The lowest BCUT2D eigenvalue weighted by Gasteiger charge is -2.28. The highest BCUT2D eigenvalue weighted by Gasteiger charge is 2.32. The van der Waals surface area contributed by atoms with Crippen molar-refractivity contribution in [1.29, 1.82) is 0 Å². The summed E-state index contributed by atoms with van der Waals surface area (Å²) in [6, 6.07) is 14.3. The fourth-order valence-electron chi connectivity index (χ4n) is 2.93. The molecule has 1 atom stereocenters. The van der Waals surface area contributed by atoms with Gasteiger partial charge < -0.3 is 20.1 Å². The van der Waals surface area contributed by atoms with Crippen LogP contribution in [0.5, 0.6) is 5.75 Å². The monoisotopic (exact) mass is 444 g/mol. The van der Waals surface area contributed by atoms with Gasteiger partial charge in [-0.15, -0.1) is 0 Å². The van der Waals surface area contributed by atoms with Crippen molar-refractivity contribution in [3.8, 4) is 5.75 Å². The van der Waals surface area contributed by atoms with Crippen LogP contribution in [0.2, 0.25) is 0 Å². The lowest BCUT2D eigenvalue weighted by atomic mass is 9.95. The van der Waals surface area contributed by atoms with Crippen molar-refractivity contribution in [1.82, 2.24) is 10.6 Å². The van der Waals surface area contributed by atoms with E-state index in [2.05, 4.69) is 26.6 Å². The van der Waals surface area contributed by atoms with Crippen molar-refractivity contribution < 1.29 is 19.1 Å². The number of carbonyl (C=O) groups excluding carboxylic acids is 2. The fraction of sp³-hybridized carbons (Fsp3) is 0.238. The van der Waals surface area contributed by atoms with Gasteiger partial charge in [-0.25, -0.2) is 9.59 Å². The topological polar surface area (TPSA) is 76.7 Å². The Kier molecular flexibility index (Phi) is 6.36. The second kappa shape index (κ2) is 8.93. The van der Waals surface area contributed by atoms with Crippen LogP contribution in [-0.2, 0) is 16.1 Å². The number of nitrogens with one attached hydrogen (secondary N) is 2. The second-order valence-corrected chi connectivity index (χ2v) is 7.19. The van der Waals surface area contributed by atoms with E-state index < -0.39 is 12.0 Å². The minimum absolute atomic E-state index is 0.263. The largest absolute Gasteiger partial charge is 0.489 e. The van der Waals surface area contributed by atoms with E-state index in [0.29, 0.717) is 23.6 Å². The Morgan fingerprint density at radius 2 is 1.79 bits per heavy atom. The molecular formula is C21H21BrN2O4. The van der Waals surface area contributed by atoms with Crippen LogP contribution in [0, 0.1) is 0 Å². The molecule has 0 saturated carbocycles. The number of allylic oxidation sites excluding steroid dienone is 1. The van der Waals surface area contributed by atoms with E-state index in [9.17, 15) is 9.59 Å². The average molecular weight is 445 g/mol. The van der Waals surface area contributed by atoms with Crippen molar-refractivity contribution >= 4 is 27.9 Å². The molecule has 0 fully saturated rings. The predicted molar refractivity (Wildman–Crippen MR) is 109 cm³/mol. The number of ether oxygens (including phenoxy) is 2. The molecule has 1 aliphatic rings. The number of esters is 1. The van der Waals surface area contributed by atoms with Gasteiger partial charge in [-0.3, -0.25) is 0 Å². The predicted octanol–water partition coefficient (Wildman–Crippen LogP) is 4.22. The maximum atomic E-state index is 12.3. The maximum Gasteiger partial charge on any atom is 0.338 e. The highest BCUT2D eigenvalue weighted by Crippen LogP contribution is 2.29. The summed E-state index contributed by atoms with van der Waals surface area (Å²) < 4.78 is 12.0. The van der Waals surface area contributed by atoms with Gasteiger partial charge in [0.15, 0.2) is 0 Å². The van der Waals surface area contributed by atoms with Gasteiger partial charge in [-0.1, -0.05) is 40.2 Å². The van der Waals surface area contributed by atoms with E-state index in [1.165, 1.54) is 0 Å². The third kappa shape index (κ3) is 4.72. The number of amides is 2. The molecule has 0 aromatic heterocycles. The molecule has 0 bridgehead atoms. The molecule has 1 heterocycles. The van der Waals surface area contributed by atoms with E-state index in [0.717, 1.165) is 15.6 Å². The van der Waals surface area contributed by atoms with Crippen molar-refractivity contribution in [2.24, 2.45) is 0 Å². The van der Waals surface area contributed by atoms with Gasteiger partial charge in [-0.2, -0.15) is 0 Å². The summed E-state index contributed by atoms with van der Waals surface area (Å²) >= 11 is 3.41. The quantitative estimate of drug-likeness (QED) is 0.653. The van der Waals surface area contributed by atoms with Crippen molar-refractivity contribution in [3.63, 3.8) is 0 Å². The molecule has 146 valence electrons. The molecule has 0 aliphatic carbocycles. The summed E-state index contributed by atoms with van der Waals surface area (Å²) in [7, 11) is 0. The van der Waals surface area contributed by atoms with Crippen molar-refractivity contribution in [3.05, 3.63) is 75.4 Å². The molecule has 0 saturated heterocycles. The third-order valence-corrected chi connectivity index (χ3v) is 4.83. The Morgan fingerprint density at radius 1 is 1.11 bits per heavy atom. The van der Waals surface area contributed by atoms with Gasteiger partial charge in [-0.05, 0) is 49.2 Å². The van der Waals surface area contributed by atoms with Crippen molar-refractivity contribution in [2.45, 2.75) is 26.5 Å². The van der Waals surface area contributed by atoms with E-state index >= 15 is 0 Å². The average Bonchev–Trinajstić information content (AvgIpc) is 2.67. The number of urea groups is 1. The van der Waals surface area contributed by atoms with Gasteiger partial charge >= 0.3 is 12.0 Å². The highest BCUT2D eigenvalue weighted by molar-refractivity contribution is 9.10. The number of halogens is 1. The van der Waals surface area contributed by atoms with Gasteiger partial charge in [0.1, 0.15) is 12.4 Å². The first-order valence-electron chi connectivity index (χ1n) is 8.90. The van der Waals surface area contributed by atoms with Crippen molar-refractivity contribution in [2.75, 3.05) is 6.61 Å². The van der Waals surface area contributed by atoms with Crippen LogP contribution >= 0.6 is 15.9 Å². The summed E-state index contributed by atoms with van der Waals surface area (Å²) in [4.78, 5) is 24.2. The summed E-state index contributed by atoms with van der Waals surface area (Å²) in [6.45, 7) is 4.14. The molecule has 0 unspecified atom stereocenters. The van der Waals surface area contributed by atoms with Gasteiger partial charge in [0.25, 0.3) is 0 Å². The minimum atomic E-state index is -0.576. The molecule has 2 N–H and O–H groups in total. The molecule has 7 heteroatoms. The zero-order chi connectivity index (χ0) is 20.1. The molecule has 6 nitrogen and oxygen atoms in total. The standard InChI is InChI=1S/C21H21BrN2O4/c1-3-27-20(25)18-13(2)23-21(26)24-19(18)15-6-10-17(11-7-15)28-12-14-4-8-16(22)9-5-14/h4-11,19H,3,12H2,1-2H3,(H2,23,24,26)/t19-/m0/s1. The van der Waals surface area contributed by atoms with E-state index in [1.807, 2.05) is 48.5 Å². The number of rotatable bonds is 6. The molecule has 2 aromatic carbocycles. The number of hydrogen-bond donors (Lipinski definition) is 2. The maximum absolute atomic E-state index is 12.3. The minimum Gasteiger partial charge on any atom is -0.489 e. The second-order valence-electron chi connectivity index (χ2n) is 6.27. The van der Waals surface area contributed by atoms with Crippen LogP contribution in [0.25, 0.3) is 0 Å². The summed E-state index contributed by atoms with van der Waals surface area (Å²) in [5.41, 5.74) is 2.71. The third-order valence-electron chi connectivity index (χ3n) is 4.30. The van der Waals surface area contributed by atoms with Crippen LogP contribution in [0.15, 0.2) is 64.3 Å². The lowest BCUT2D eigenvalue weighted by molar-refractivity contribution is -0.139. The number of benzene rings is 2. The molecule has 0 radical (unpaired) electrons. The number of hydrogen-bond acceptors (Lipinski definition) is 4. The van der Waals surface area contributed by atoms with Gasteiger partial charge in [0.05, 0.1) is 18.2 Å². The first kappa shape index (κ1) is 19.9. The zero-order valence-corrected chi connectivity index (χ0v) is 17.2. The number of carbonyl (C=O) groups is 2. The van der Waals surface area contributed by atoms with Gasteiger partial charge in [0.2, 0.25) is 0 Å². The Morgan fingerprint density at radius 3 is 2.43 bits per heavy atom. The molecule has 2 amide bonds. The van der Waals surface area contributed by atoms with Crippen LogP contribution in [-0.4, -0.2) is 18.6 Å². The van der Waals surface area contributed by atoms with Crippen LogP contribution in [0.3, 0.4) is 0 Å². The first-order chi connectivity index (χ1) is 13.5. The van der Waals surface area contributed by atoms with E-state index in [1.54, 1.807) is 13.8 Å². The van der Waals surface area contributed by atoms with Crippen LogP contribution < -0.4 is 15.4 Å². The lowest BCUT2D eigenvalue weighted by Crippen LogP contribution is -2.45. The summed E-state index contributed by atoms with van der Waals surface area (Å²) in [5.74, 6) is 0.249. The first-order valence-corrected chi connectivity index (χ1v) is 9.70. The van der Waals surface area contributed by atoms with E-state index in [-0.39, 0.29) is 12.6 Å². The Bertz CT molecular complexity index is 892. The van der Waals surface area contributed by atoms with E-state index in [4.69, 9.17) is 9.47 Å². The molecule has 0 spiro atoms. The molecule has 28 heavy (non-hydrogen) atoms. The Balaban J connectivity index is 1.75. The summed E-state index contributed by atoms with van der Waals surface area (Å²) in [6.07, 6.45) is 0. The molecular weight excluding hydrogens is 424 g/mol. The molecule has 1 aliphatic heterocycles. The highest BCUT2D eigenvalue weighted by atomic mass is 79.9.